The molecule has 0 bridgehead atoms. The summed E-state index contributed by atoms with van der Waals surface area (Å²) in [7, 11) is 0. The first kappa shape index (κ1) is 27.1. The van der Waals surface area contributed by atoms with Crippen molar-refractivity contribution in [2.24, 2.45) is 0 Å². The Morgan fingerprint density at radius 1 is 0.759 bits per heavy atom. The maximum absolute atomic E-state index is 11.7. The quantitative estimate of drug-likeness (QED) is 0.202. The molecule has 0 spiro atoms. The molecule has 1 atom stereocenters. The van der Waals surface area contributed by atoms with E-state index in [0.717, 1.165) is 57.8 Å². The number of likely N-dealkylation sites (N-methyl/N-ethyl adjacent to an activating group) is 1. The number of hydrogen-bond donors (Lipinski definition) is 1. The normalized spacial score (nSPS) is 13.6. The molecule has 1 unspecified atom stereocenters. The molecular weight excluding hydrogens is 358 g/mol. The van der Waals surface area contributed by atoms with Crippen LogP contribution in [0.2, 0.25) is 0 Å². The molecule has 1 N–H and O–H groups in total. The number of ether oxygens (including phenoxy) is 1. The van der Waals surface area contributed by atoms with E-state index in [1.165, 1.54) is 0 Å². The molecule has 0 aliphatic carbocycles. The lowest BCUT2D eigenvalue weighted by Gasteiger charge is -2.15. The minimum absolute atomic E-state index is 0.00725. The Morgan fingerprint density at radius 2 is 1.28 bits per heavy atom. The molecular formula is C26H43NO2. The van der Waals surface area contributed by atoms with E-state index in [1.807, 2.05) is 13.8 Å². The zero-order valence-corrected chi connectivity index (χ0v) is 18.9. The van der Waals surface area contributed by atoms with E-state index in [0.29, 0.717) is 13.2 Å². The standard InChI is InChI=1S/C26H43NO2/c1-4-7-8-9-10-11-12-13-14-15-16-17-18-19-20-21-22-23-24-29-25(5-2)26(28)27-6-3/h7-8,10-11,13-14,16-17,19-20,25H,4-6,9,12,15,18,21-24H2,1-3H3,(H,27,28). The fourth-order valence-corrected chi connectivity index (χ4v) is 2.63. The van der Waals surface area contributed by atoms with Crippen LogP contribution in [0.15, 0.2) is 60.8 Å². The molecule has 0 heterocycles. The maximum Gasteiger partial charge on any atom is 0.249 e. The van der Waals surface area contributed by atoms with Crippen molar-refractivity contribution in [3.05, 3.63) is 60.8 Å². The van der Waals surface area contributed by atoms with Crippen molar-refractivity contribution < 1.29 is 9.53 Å². The van der Waals surface area contributed by atoms with Crippen LogP contribution in [0.1, 0.15) is 78.6 Å². The number of unbranched alkanes of at least 4 members (excludes halogenated alkanes) is 2. The van der Waals surface area contributed by atoms with Crippen molar-refractivity contribution >= 4 is 5.91 Å². The van der Waals surface area contributed by atoms with E-state index < -0.39 is 0 Å². The van der Waals surface area contributed by atoms with Gasteiger partial charge in [-0.1, -0.05) is 74.6 Å². The molecule has 164 valence electrons. The summed E-state index contributed by atoms with van der Waals surface area (Å²) in [5.41, 5.74) is 0. The second-order valence-corrected chi connectivity index (χ2v) is 6.87. The highest BCUT2D eigenvalue weighted by Gasteiger charge is 2.15. The van der Waals surface area contributed by atoms with Crippen molar-refractivity contribution in [2.45, 2.75) is 84.7 Å². The second-order valence-electron chi connectivity index (χ2n) is 6.87. The number of hydrogen-bond acceptors (Lipinski definition) is 2. The smallest absolute Gasteiger partial charge is 0.249 e. The average molecular weight is 402 g/mol. The Labute approximate surface area is 179 Å². The third kappa shape index (κ3) is 19.2. The van der Waals surface area contributed by atoms with Gasteiger partial charge in [0.25, 0.3) is 0 Å². The molecule has 0 aromatic heterocycles. The second kappa shape index (κ2) is 22.4. The summed E-state index contributed by atoms with van der Waals surface area (Å²) >= 11 is 0. The Morgan fingerprint density at radius 3 is 1.76 bits per heavy atom. The Bertz CT molecular complexity index is 515. The van der Waals surface area contributed by atoms with Gasteiger partial charge in [-0.2, -0.15) is 0 Å². The monoisotopic (exact) mass is 401 g/mol. The van der Waals surface area contributed by atoms with Gasteiger partial charge in [-0.15, -0.1) is 0 Å². The van der Waals surface area contributed by atoms with E-state index in [1.54, 1.807) is 0 Å². The molecule has 0 aromatic rings. The van der Waals surface area contributed by atoms with Crippen LogP contribution in [0.4, 0.5) is 0 Å². The number of nitrogens with one attached hydrogen (secondary N) is 1. The van der Waals surface area contributed by atoms with Crippen LogP contribution in [0.25, 0.3) is 0 Å². The minimum Gasteiger partial charge on any atom is -0.368 e. The number of carbonyl (C=O) groups is 1. The minimum atomic E-state index is -0.302. The summed E-state index contributed by atoms with van der Waals surface area (Å²) in [6.07, 6.45) is 30.9. The molecule has 3 nitrogen and oxygen atoms in total. The fraction of sp³-hybridized carbons (Fsp3) is 0.577. The van der Waals surface area contributed by atoms with Crippen LogP contribution in [0, 0.1) is 0 Å². The summed E-state index contributed by atoms with van der Waals surface area (Å²) in [6.45, 7) is 7.37. The summed E-state index contributed by atoms with van der Waals surface area (Å²) in [5, 5.41) is 2.82. The summed E-state index contributed by atoms with van der Waals surface area (Å²) in [4.78, 5) is 11.7. The van der Waals surface area contributed by atoms with E-state index in [-0.39, 0.29) is 12.0 Å². The van der Waals surface area contributed by atoms with Gasteiger partial charge in [-0.25, -0.2) is 0 Å². The van der Waals surface area contributed by atoms with Crippen molar-refractivity contribution in [1.82, 2.24) is 5.32 Å². The van der Waals surface area contributed by atoms with Gasteiger partial charge in [0, 0.05) is 13.2 Å². The van der Waals surface area contributed by atoms with Crippen LogP contribution < -0.4 is 5.32 Å². The van der Waals surface area contributed by atoms with Gasteiger partial charge >= 0.3 is 0 Å². The Hall–Kier alpha value is -1.87. The van der Waals surface area contributed by atoms with Crippen molar-refractivity contribution in [3.8, 4) is 0 Å². The molecule has 0 rings (SSSR count). The summed E-state index contributed by atoms with van der Waals surface area (Å²) in [6, 6.07) is 0. The Kier molecular flexibility index (Phi) is 21.0. The van der Waals surface area contributed by atoms with Gasteiger partial charge < -0.3 is 10.1 Å². The van der Waals surface area contributed by atoms with Crippen molar-refractivity contribution in [2.75, 3.05) is 13.2 Å². The third-order valence-corrected chi connectivity index (χ3v) is 4.26. The molecule has 3 heteroatoms. The highest BCUT2D eigenvalue weighted by molar-refractivity contribution is 5.80. The predicted molar refractivity (Wildman–Crippen MR) is 127 cm³/mol. The highest BCUT2D eigenvalue weighted by Crippen LogP contribution is 2.03. The van der Waals surface area contributed by atoms with Crippen molar-refractivity contribution in [1.29, 1.82) is 0 Å². The fourth-order valence-electron chi connectivity index (χ4n) is 2.63. The number of carbonyl (C=O) groups excluding carboxylic acids is 1. The first-order valence-electron chi connectivity index (χ1n) is 11.4. The molecule has 29 heavy (non-hydrogen) atoms. The molecule has 1 amide bonds. The number of amides is 1. The van der Waals surface area contributed by atoms with Gasteiger partial charge in [-0.05, 0) is 64.7 Å². The zero-order valence-electron chi connectivity index (χ0n) is 18.9. The van der Waals surface area contributed by atoms with Gasteiger partial charge in [0.2, 0.25) is 5.91 Å². The van der Waals surface area contributed by atoms with Crippen molar-refractivity contribution in [3.63, 3.8) is 0 Å². The molecule has 0 aromatic carbocycles. The lowest BCUT2D eigenvalue weighted by Crippen LogP contribution is -2.36. The number of rotatable bonds is 18. The van der Waals surface area contributed by atoms with Gasteiger partial charge in [-0.3, -0.25) is 4.79 Å². The molecule has 0 fully saturated rings. The van der Waals surface area contributed by atoms with E-state index >= 15 is 0 Å². The van der Waals surface area contributed by atoms with Crippen LogP contribution >= 0.6 is 0 Å². The van der Waals surface area contributed by atoms with Crippen LogP contribution in [-0.4, -0.2) is 25.2 Å². The first-order chi connectivity index (χ1) is 14.3. The SMILES string of the molecule is CCC=CCC=CCC=CCC=CCC=CCCCCOC(CC)C(=O)NCC. The predicted octanol–water partition coefficient (Wildman–Crippen LogP) is 6.84. The molecule has 0 aliphatic rings. The maximum atomic E-state index is 11.7. The van der Waals surface area contributed by atoms with Gasteiger partial charge in [0.15, 0.2) is 0 Å². The van der Waals surface area contributed by atoms with Gasteiger partial charge in [0.05, 0.1) is 0 Å². The van der Waals surface area contributed by atoms with Gasteiger partial charge in [0.1, 0.15) is 6.10 Å². The Balaban J connectivity index is 3.58. The average Bonchev–Trinajstić information content (AvgIpc) is 2.72. The molecule has 0 saturated carbocycles. The van der Waals surface area contributed by atoms with Crippen LogP contribution in [0.3, 0.4) is 0 Å². The topological polar surface area (TPSA) is 38.3 Å². The highest BCUT2D eigenvalue weighted by atomic mass is 16.5. The molecule has 0 radical (unpaired) electrons. The summed E-state index contributed by atoms with van der Waals surface area (Å²) < 4.78 is 5.67. The molecule has 0 saturated heterocycles. The van der Waals surface area contributed by atoms with E-state index in [4.69, 9.17) is 4.74 Å². The summed E-state index contributed by atoms with van der Waals surface area (Å²) in [5.74, 6) is 0.00725. The zero-order chi connectivity index (χ0) is 21.4. The third-order valence-electron chi connectivity index (χ3n) is 4.26. The van der Waals surface area contributed by atoms with E-state index in [2.05, 4.69) is 73.0 Å². The van der Waals surface area contributed by atoms with Crippen LogP contribution in [-0.2, 0) is 9.53 Å². The largest absolute Gasteiger partial charge is 0.368 e. The lowest BCUT2D eigenvalue weighted by molar-refractivity contribution is -0.133. The van der Waals surface area contributed by atoms with Crippen LogP contribution in [0.5, 0.6) is 0 Å². The van der Waals surface area contributed by atoms with E-state index in [9.17, 15) is 4.79 Å². The number of allylic oxidation sites excluding steroid dienone is 10. The lowest BCUT2D eigenvalue weighted by atomic mass is 10.2. The molecule has 0 aliphatic heterocycles. The first-order valence-corrected chi connectivity index (χ1v) is 11.4.